The molecule has 2 unspecified atom stereocenters. The molecular formula is C24H28N2O7S. The van der Waals surface area contributed by atoms with Gasteiger partial charge in [-0.3, -0.25) is 4.79 Å². The van der Waals surface area contributed by atoms with E-state index in [1.54, 1.807) is 6.92 Å². The van der Waals surface area contributed by atoms with Crippen molar-refractivity contribution in [2.45, 2.75) is 37.8 Å². The third-order valence-corrected chi connectivity index (χ3v) is 6.73. The number of carbonyl (C=O) groups is 3. The summed E-state index contributed by atoms with van der Waals surface area (Å²) in [6.45, 7) is 1.73. The summed E-state index contributed by atoms with van der Waals surface area (Å²) in [5, 5.41) is 14.1. The molecule has 0 aliphatic heterocycles. The Kier molecular flexibility index (Phi) is 7.93. The molecule has 2 aromatic carbocycles. The number of fused-ring (bicyclic) bond motifs is 3. The number of aliphatic carboxylic acids is 1. The standard InChI is InChI=1S/C24H28N2O7S/c1-3-20(22(27)25-21(23(28)29)12-13-34(2,31)32)26-24(30)33-14-19-17-10-6-4-8-15(17)16-9-5-7-11-18(16)19/h4-11,19-21H,3,12-14H2,1-2H3,(H,25,27)(H,26,30)(H,28,29). The first-order chi connectivity index (χ1) is 16.1. The van der Waals surface area contributed by atoms with Crippen LogP contribution in [0.3, 0.4) is 0 Å². The van der Waals surface area contributed by atoms with E-state index in [0.29, 0.717) is 0 Å². The molecule has 0 bridgehead atoms. The first kappa shape index (κ1) is 25.2. The van der Waals surface area contributed by atoms with E-state index in [0.717, 1.165) is 28.5 Å². The number of carboxylic acid groups (broad SMARTS) is 1. The quantitative estimate of drug-likeness (QED) is 0.466. The highest BCUT2D eigenvalue weighted by atomic mass is 32.2. The zero-order chi connectivity index (χ0) is 24.9. The van der Waals surface area contributed by atoms with Crippen LogP contribution >= 0.6 is 0 Å². The van der Waals surface area contributed by atoms with E-state index >= 15 is 0 Å². The monoisotopic (exact) mass is 488 g/mol. The fraction of sp³-hybridized carbons (Fsp3) is 0.375. The van der Waals surface area contributed by atoms with Gasteiger partial charge in [0.05, 0.1) is 5.75 Å². The van der Waals surface area contributed by atoms with Crippen molar-refractivity contribution in [1.82, 2.24) is 10.6 Å². The highest BCUT2D eigenvalue weighted by Crippen LogP contribution is 2.44. The maximum absolute atomic E-state index is 12.5. The summed E-state index contributed by atoms with van der Waals surface area (Å²) in [5.74, 6) is -2.61. The second-order valence-electron chi connectivity index (χ2n) is 8.25. The van der Waals surface area contributed by atoms with Crippen LogP contribution in [-0.2, 0) is 24.2 Å². The van der Waals surface area contributed by atoms with Gasteiger partial charge < -0.3 is 20.5 Å². The van der Waals surface area contributed by atoms with Gasteiger partial charge in [-0.1, -0.05) is 55.5 Å². The van der Waals surface area contributed by atoms with Gasteiger partial charge in [-0.05, 0) is 35.1 Å². The summed E-state index contributed by atoms with van der Waals surface area (Å²) in [6.07, 6.45) is 0.101. The number of ether oxygens (including phenoxy) is 1. The maximum Gasteiger partial charge on any atom is 0.407 e. The molecule has 34 heavy (non-hydrogen) atoms. The molecule has 0 heterocycles. The number of carboxylic acids is 1. The maximum atomic E-state index is 12.5. The molecule has 2 aromatic rings. The molecule has 0 aromatic heterocycles. The van der Waals surface area contributed by atoms with Gasteiger partial charge in [0.15, 0.2) is 0 Å². The third-order valence-electron chi connectivity index (χ3n) is 5.75. The highest BCUT2D eigenvalue weighted by molar-refractivity contribution is 7.90. The molecule has 0 fully saturated rings. The fourth-order valence-corrected chi connectivity index (χ4v) is 4.66. The molecule has 9 nitrogen and oxygen atoms in total. The van der Waals surface area contributed by atoms with E-state index < -0.39 is 39.9 Å². The topological polar surface area (TPSA) is 139 Å². The van der Waals surface area contributed by atoms with Crippen molar-refractivity contribution in [3.8, 4) is 11.1 Å². The summed E-state index contributed by atoms with van der Waals surface area (Å²) >= 11 is 0. The van der Waals surface area contributed by atoms with Crippen LogP contribution in [0.1, 0.15) is 36.8 Å². The Balaban J connectivity index is 1.60. The van der Waals surface area contributed by atoms with E-state index in [1.165, 1.54) is 0 Å². The van der Waals surface area contributed by atoms with Crippen LogP contribution in [-0.4, -0.2) is 62.2 Å². The zero-order valence-electron chi connectivity index (χ0n) is 19.0. The van der Waals surface area contributed by atoms with Crippen LogP contribution in [0.15, 0.2) is 48.5 Å². The number of hydrogen-bond acceptors (Lipinski definition) is 6. The molecule has 3 rings (SSSR count). The van der Waals surface area contributed by atoms with Gasteiger partial charge in [-0.15, -0.1) is 0 Å². The average Bonchev–Trinajstić information content (AvgIpc) is 3.11. The van der Waals surface area contributed by atoms with Crippen LogP contribution in [0, 0.1) is 0 Å². The second-order valence-corrected chi connectivity index (χ2v) is 10.5. The van der Waals surface area contributed by atoms with Crippen molar-refractivity contribution < 1.29 is 32.6 Å². The summed E-state index contributed by atoms with van der Waals surface area (Å²) in [6, 6.07) is 13.4. The van der Waals surface area contributed by atoms with Crippen LogP contribution in [0.25, 0.3) is 11.1 Å². The lowest BCUT2D eigenvalue weighted by atomic mass is 9.98. The number of amides is 2. The highest BCUT2D eigenvalue weighted by Gasteiger charge is 2.30. The molecule has 0 spiro atoms. The summed E-state index contributed by atoms with van der Waals surface area (Å²) in [5.41, 5.74) is 4.28. The van der Waals surface area contributed by atoms with Crippen molar-refractivity contribution in [2.24, 2.45) is 0 Å². The Bertz CT molecular complexity index is 1130. The van der Waals surface area contributed by atoms with Crippen LogP contribution in [0.5, 0.6) is 0 Å². The van der Waals surface area contributed by atoms with Crippen molar-refractivity contribution in [2.75, 3.05) is 18.6 Å². The number of rotatable bonds is 10. The normalized spacial score (nSPS) is 14.4. The molecule has 182 valence electrons. The first-order valence-corrected chi connectivity index (χ1v) is 13.0. The van der Waals surface area contributed by atoms with Gasteiger partial charge in [0.1, 0.15) is 28.5 Å². The summed E-state index contributed by atoms with van der Waals surface area (Å²) in [7, 11) is -3.40. The minimum Gasteiger partial charge on any atom is -0.480 e. The molecule has 2 amide bonds. The summed E-state index contributed by atoms with van der Waals surface area (Å²) in [4.78, 5) is 36.4. The molecule has 3 N–H and O–H groups in total. The predicted molar refractivity (Wildman–Crippen MR) is 126 cm³/mol. The van der Waals surface area contributed by atoms with Crippen LogP contribution in [0.2, 0.25) is 0 Å². The number of nitrogens with one attached hydrogen (secondary N) is 2. The summed E-state index contributed by atoms with van der Waals surface area (Å²) < 4.78 is 28.1. The van der Waals surface area contributed by atoms with E-state index in [2.05, 4.69) is 10.6 Å². The van der Waals surface area contributed by atoms with E-state index in [1.807, 2.05) is 48.5 Å². The minimum absolute atomic E-state index is 0.0734. The van der Waals surface area contributed by atoms with Gasteiger partial charge in [0.2, 0.25) is 5.91 Å². The molecule has 0 saturated heterocycles. The molecule has 1 aliphatic rings. The number of sulfone groups is 1. The lowest BCUT2D eigenvalue weighted by Gasteiger charge is -2.21. The van der Waals surface area contributed by atoms with Crippen molar-refractivity contribution >= 4 is 27.8 Å². The number of benzene rings is 2. The Labute approximate surface area is 198 Å². The van der Waals surface area contributed by atoms with Crippen molar-refractivity contribution in [3.63, 3.8) is 0 Å². The number of alkyl carbamates (subject to hydrolysis) is 1. The SMILES string of the molecule is CCC(NC(=O)OCC1c2ccccc2-c2ccccc21)C(=O)NC(CCS(C)(=O)=O)C(=O)O. The predicted octanol–water partition coefficient (Wildman–Crippen LogP) is 2.31. The van der Waals surface area contributed by atoms with E-state index in [9.17, 15) is 27.9 Å². The molecule has 1 aliphatic carbocycles. The third kappa shape index (κ3) is 6.13. The Morgan fingerprint density at radius 1 is 0.971 bits per heavy atom. The van der Waals surface area contributed by atoms with Gasteiger partial charge in [-0.25, -0.2) is 18.0 Å². The van der Waals surface area contributed by atoms with Gasteiger partial charge >= 0.3 is 12.1 Å². The van der Waals surface area contributed by atoms with Gasteiger partial charge in [0, 0.05) is 12.2 Å². The first-order valence-electron chi connectivity index (χ1n) is 10.9. The van der Waals surface area contributed by atoms with Crippen molar-refractivity contribution in [3.05, 3.63) is 59.7 Å². The Morgan fingerprint density at radius 3 is 2.03 bits per heavy atom. The lowest BCUT2D eigenvalue weighted by molar-refractivity contribution is -0.142. The zero-order valence-corrected chi connectivity index (χ0v) is 19.8. The molecule has 0 radical (unpaired) electrons. The number of carbonyl (C=O) groups excluding carboxylic acids is 2. The van der Waals surface area contributed by atoms with E-state index in [-0.39, 0.29) is 31.1 Å². The van der Waals surface area contributed by atoms with Crippen LogP contribution in [0.4, 0.5) is 4.79 Å². The average molecular weight is 489 g/mol. The lowest BCUT2D eigenvalue weighted by Crippen LogP contribution is -2.51. The smallest absolute Gasteiger partial charge is 0.407 e. The van der Waals surface area contributed by atoms with E-state index in [4.69, 9.17) is 4.74 Å². The Morgan fingerprint density at radius 2 is 1.53 bits per heavy atom. The molecule has 10 heteroatoms. The molecule has 0 saturated carbocycles. The van der Waals surface area contributed by atoms with Crippen molar-refractivity contribution in [1.29, 1.82) is 0 Å². The minimum atomic E-state index is -3.40. The molecular weight excluding hydrogens is 460 g/mol. The second kappa shape index (κ2) is 10.7. The van der Waals surface area contributed by atoms with Crippen LogP contribution < -0.4 is 10.6 Å². The largest absolute Gasteiger partial charge is 0.480 e. The Hall–Kier alpha value is -3.40. The number of hydrogen-bond donors (Lipinski definition) is 3. The molecule has 2 atom stereocenters. The van der Waals surface area contributed by atoms with Gasteiger partial charge in [0.25, 0.3) is 0 Å². The fourth-order valence-electron chi connectivity index (χ4n) is 4.00. The van der Waals surface area contributed by atoms with Gasteiger partial charge in [-0.2, -0.15) is 0 Å².